The number of aromatic nitrogens is 1. The molecule has 0 radical (unpaired) electrons. The van der Waals surface area contributed by atoms with Crippen LogP contribution in [0.15, 0.2) is 30.5 Å². The summed E-state index contributed by atoms with van der Waals surface area (Å²) in [5.41, 5.74) is -0.638. The van der Waals surface area contributed by atoms with Gasteiger partial charge >= 0.3 is 5.97 Å². The highest BCUT2D eigenvalue weighted by molar-refractivity contribution is 5.95. The number of methoxy groups -OCH3 is 1. The molecule has 8 nitrogen and oxygen atoms in total. The molecular weight excluding hydrogens is 280 g/mol. The molecule has 1 aromatic heterocycles. The Morgan fingerprint density at radius 3 is 2.76 bits per heavy atom. The molecular formula is C13H8N2O6. The van der Waals surface area contributed by atoms with E-state index in [4.69, 9.17) is 9.47 Å². The van der Waals surface area contributed by atoms with Gasteiger partial charge in [-0.25, -0.2) is 9.78 Å². The lowest BCUT2D eigenvalue weighted by molar-refractivity contribution is -0.385. The van der Waals surface area contributed by atoms with E-state index in [2.05, 4.69) is 9.72 Å². The van der Waals surface area contributed by atoms with E-state index < -0.39 is 16.6 Å². The lowest BCUT2D eigenvalue weighted by Crippen LogP contribution is -2.08. The van der Waals surface area contributed by atoms with Crippen molar-refractivity contribution in [2.75, 3.05) is 7.11 Å². The highest BCUT2D eigenvalue weighted by Gasteiger charge is 2.29. The molecule has 1 aromatic carbocycles. The predicted octanol–water partition coefficient (Wildman–Crippen LogP) is 2.67. The number of hydrogen-bond acceptors (Lipinski definition) is 7. The van der Waals surface area contributed by atoms with E-state index >= 15 is 0 Å². The van der Waals surface area contributed by atoms with Crippen LogP contribution in [0.25, 0.3) is 0 Å². The van der Waals surface area contributed by atoms with Crippen LogP contribution in [0.4, 0.5) is 5.69 Å². The Morgan fingerprint density at radius 2 is 2.05 bits per heavy atom. The number of nitro groups is 1. The summed E-state index contributed by atoms with van der Waals surface area (Å²) in [5.74, 6) is 0.0203. The summed E-state index contributed by atoms with van der Waals surface area (Å²) in [7, 11) is 1.14. The first kappa shape index (κ1) is 12.9. The normalized spacial score (nSPS) is 11.5. The monoisotopic (exact) mass is 288 g/mol. The van der Waals surface area contributed by atoms with Crippen LogP contribution in [-0.4, -0.2) is 23.0 Å². The van der Waals surface area contributed by atoms with E-state index in [0.717, 1.165) is 13.2 Å². The molecule has 21 heavy (non-hydrogen) atoms. The van der Waals surface area contributed by atoms with Crippen LogP contribution in [0.2, 0.25) is 0 Å². The summed E-state index contributed by atoms with van der Waals surface area (Å²) < 4.78 is 15.5. The van der Waals surface area contributed by atoms with Gasteiger partial charge in [-0.1, -0.05) is 0 Å². The number of hydrogen-bond donors (Lipinski definition) is 0. The molecule has 8 heteroatoms. The Morgan fingerprint density at radius 1 is 1.29 bits per heavy atom. The molecule has 0 aliphatic carbocycles. The second kappa shape index (κ2) is 4.75. The van der Waals surface area contributed by atoms with Gasteiger partial charge in [0.25, 0.3) is 11.6 Å². The molecule has 0 fully saturated rings. The van der Waals surface area contributed by atoms with E-state index in [1.165, 1.54) is 12.3 Å². The fourth-order valence-electron chi connectivity index (χ4n) is 1.89. The third-order valence-electron chi connectivity index (χ3n) is 2.83. The molecule has 2 heterocycles. The Balaban J connectivity index is 2.13. The Labute approximate surface area is 118 Å². The molecule has 3 rings (SSSR count). The van der Waals surface area contributed by atoms with Crippen LogP contribution in [0, 0.1) is 10.1 Å². The number of carbonyl (C=O) groups is 1. The number of pyridine rings is 1. The van der Waals surface area contributed by atoms with Crippen LogP contribution >= 0.6 is 0 Å². The van der Waals surface area contributed by atoms with Gasteiger partial charge in [0.1, 0.15) is 5.56 Å². The van der Waals surface area contributed by atoms with Crippen molar-refractivity contribution >= 4 is 11.7 Å². The number of nitrogens with zero attached hydrogens (tertiary/aromatic N) is 2. The minimum atomic E-state index is -0.829. The lowest BCUT2D eigenvalue weighted by atomic mass is 10.1. The van der Waals surface area contributed by atoms with Crippen molar-refractivity contribution < 1.29 is 23.9 Å². The summed E-state index contributed by atoms with van der Waals surface area (Å²) >= 11 is 0. The molecule has 2 aromatic rings. The summed E-state index contributed by atoms with van der Waals surface area (Å²) in [6.07, 6.45) is 1.50. The Bertz CT molecular complexity index is 758. The maximum Gasteiger partial charge on any atom is 0.345 e. The second-order valence-corrected chi connectivity index (χ2v) is 4.08. The van der Waals surface area contributed by atoms with Crippen LogP contribution in [-0.2, 0) is 4.74 Å². The molecule has 106 valence electrons. The maximum atomic E-state index is 11.6. The van der Waals surface area contributed by atoms with Gasteiger partial charge in [0.2, 0.25) is 0 Å². The second-order valence-electron chi connectivity index (χ2n) is 4.08. The molecule has 0 unspecified atom stereocenters. The quantitative estimate of drug-likeness (QED) is 0.406. The first-order valence-electron chi connectivity index (χ1n) is 5.81. The van der Waals surface area contributed by atoms with Crippen molar-refractivity contribution in [3.05, 3.63) is 46.1 Å². The van der Waals surface area contributed by atoms with Crippen LogP contribution in [0.5, 0.6) is 23.1 Å². The fraction of sp³-hybridized carbons (Fsp3) is 0.0769. The number of carbonyl (C=O) groups excluding carboxylic acids is 1. The number of ether oxygens (including phenoxy) is 3. The van der Waals surface area contributed by atoms with Crippen molar-refractivity contribution in [2.24, 2.45) is 0 Å². The van der Waals surface area contributed by atoms with Crippen molar-refractivity contribution in [2.45, 2.75) is 0 Å². The lowest BCUT2D eigenvalue weighted by Gasteiger charge is -2.19. The molecule has 1 aliphatic rings. The van der Waals surface area contributed by atoms with E-state index in [1.54, 1.807) is 12.1 Å². The van der Waals surface area contributed by atoms with Gasteiger partial charge in [-0.3, -0.25) is 10.1 Å². The minimum absolute atomic E-state index is 0.112. The molecule has 1 aliphatic heterocycles. The van der Waals surface area contributed by atoms with Gasteiger partial charge in [0, 0.05) is 12.3 Å². The number of benzene rings is 1. The van der Waals surface area contributed by atoms with Crippen molar-refractivity contribution in [3.63, 3.8) is 0 Å². The van der Waals surface area contributed by atoms with Crippen LogP contribution in [0.1, 0.15) is 10.4 Å². The average Bonchev–Trinajstić information content (AvgIpc) is 2.50. The number of esters is 1. The number of rotatable bonds is 2. The fourth-order valence-corrected chi connectivity index (χ4v) is 1.89. The topological polar surface area (TPSA) is 101 Å². The molecule has 0 amide bonds. The van der Waals surface area contributed by atoms with E-state index in [-0.39, 0.29) is 22.9 Å². The first-order chi connectivity index (χ1) is 10.1. The molecule has 0 spiro atoms. The molecule has 0 saturated heterocycles. The summed E-state index contributed by atoms with van der Waals surface area (Å²) in [6, 6.07) is 5.61. The van der Waals surface area contributed by atoms with E-state index in [0.29, 0.717) is 5.75 Å². The van der Waals surface area contributed by atoms with Gasteiger partial charge in [0.05, 0.1) is 18.1 Å². The number of nitro benzene ring substituents is 1. The van der Waals surface area contributed by atoms with Crippen LogP contribution < -0.4 is 9.47 Å². The number of fused-ring (bicyclic) bond motifs is 2. The third kappa shape index (κ3) is 2.12. The average molecular weight is 288 g/mol. The summed E-state index contributed by atoms with van der Waals surface area (Å²) in [6.45, 7) is 0. The SMILES string of the molecule is COC(=O)c1cc2c(cc1[N+](=O)[O-])Oc1ncccc1O2. The van der Waals surface area contributed by atoms with Crippen molar-refractivity contribution in [1.29, 1.82) is 0 Å². The third-order valence-corrected chi connectivity index (χ3v) is 2.83. The molecule has 0 atom stereocenters. The molecule has 0 bridgehead atoms. The zero-order valence-electron chi connectivity index (χ0n) is 10.7. The van der Waals surface area contributed by atoms with Gasteiger partial charge in [-0.2, -0.15) is 0 Å². The van der Waals surface area contributed by atoms with E-state index in [1.807, 2.05) is 0 Å². The zero-order chi connectivity index (χ0) is 15.0. The van der Waals surface area contributed by atoms with Gasteiger partial charge in [0.15, 0.2) is 17.2 Å². The standard InChI is InChI=1S/C13H8N2O6/c1-19-13(16)7-5-10-11(6-8(7)15(17)18)21-12-9(20-10)3-2-4-14-12/h2-6H,1H3. The Hall–Kier alpha value is -3.16. The zero-order valence-corrected chi connectivity index (χ0v) is 10.7. The van der Waals surface area contributed by atoms with Crippen molar-refractivity contribution in [3.8, 4) is 23.1 Å². The molecule has 0 saturated carbocycles. The highest BCUT2D eigenvalue weighted by Crippen LogP contribution is 2.46. The van der Waals surface area contributed by atoms with Gasteiger partial charge in [-0.15, -0.1) is 0 Å². The minimum Gasteiger partial charge on any atom is -0.465 e. The van der Waals surface area contributed by atoms with Gasteiger partial charge in [-0.05, 0) is 12.1 Å². The Kier molecular flexibility index (Phi) is 2.90. The molecule has 0 N–H and O–H groups in total. The predicted molar refractivity (Wildman–Crippen MR) is 68.8 cm³/mol. The van der Waals surface area contributed by atoms with Crippen LogP contribution in [0.3, 0.4) is 0 Å². The smallest absolute Gasteiger partial charge is 0.345 e. The van der Waals surface area contributed by atoms with Gasteiger partial charge < -0.3 is 14.2 Å². The largest absolute Gasteiger partial charge is 0.465 e. The van der Waals surface area contributed by atoms with E-state index in [9.17, 15) is 14.9 Å². The van der Waals surface area contributed by atoms with Crippen molar-refractivity contribution in [1.82, 2.24) is 4.98 Å². The first-order valence-corrected chi connectivity index (χ1v) is 5.81. The summed E-state index contributed by atoms with van der Waals surface area (Å²) in [4.78, 5) is 26.0. The summed E-state index contributed by atoms with van der Waals surface area (Å²) in [5, 5.41) is 11.1. The highest BCUT2D eigenvalue weighted by atomic mass is 16.6. The maximum absolute atomic E-state index is 11.6.